The third-order valence-corrected chi connectivity index (χ3v) is 4.91. The fourth-order valence-electron chi connectivity index (χ4n) is 3.33. The largest absolute Gasteiger partial charge is 0.416 e. The molecule has 0 heterocycles. The third kappa shape index (κ3) is 7.41. The van der Waals surface area contributed by atoms with Crippen molar-refractivity contribution >= 4 is 17.5 Å². The maximum atomic E-state index is 13.0. The van der Waals surface area contributed by atoms with Crippen LogP contribution in [-0.2, 0) is 15.8 Å². The van der Waals surface area contributed by atoms with Gasteiger partial charge in [0.15, 0.2) is 0 Å². The van der Waals surface area contributed by atoms with E-state index in [1.807, 2.05) is 19.1 Å². The molecule has 0 aliphatic carbocycles. The van der Waals surface area contributed by atoms with Gasteiger partial charge in [-0.25, -0.2) is 0 Å². The number of hydrogen-bond donors (Lipinski definition) is 1. The Morgan fingerprint density at radius 1 is 1.09 bits per heavy atom. The topological polar surface area (TPSA) is 73.2 Å². The predicted octanol–water partition coefficient (Wildman–Crippen LogP) is 5.39. The zero-order valence-corrected chi connectivity index (χ0v) is 17.9. The number of amides is 2. The molecular formula is C24H26F3N3O2. The highest BCUT2D eigenvalue weighted by molar-refractivity contribution is 5.95. The van der Waals surface area contributed by atoms with Crippen LogP contribution in [0.25, 0.3) is 0 Å². The number of rotatable bonds is 10. The van der Waals surface area contributed by atoms with Gasteiger partial charge in [-0.15, -0.1) is 0 Å². The monoisotopic (exact) mass is 445 g/mol. The molecule has 0 saturated heterocycles. The van der Waals surface area contributed by atoms with Crippen LogP contribution in [0.15, 0.2) is 54.6 Å². The first-order valence-electron chi connectivity index (χ1n) is 10.4. The van der Waals surface area contributed by atoms with E-state index in [-0.39, 0.29) is 31.7 Å². The smallest absolute Gasteiger partial charge is 0.349 e. The molecule has 5 nitrogen and oxygen atoms in total. The Morgan fingerprint density at radius 3 is 2.44 bits per heavy atom. The van der Waals surface area contributed by atoms with Gasteiger partial charge in [0.2, 0.25) is 11.8 Å². The van der Waals surface area contributed by atoms with Gasteiger partial charge in [0.1, 0.15) is 0 Å². The van der Waals surface area contributed by atoms with Crippen molar-refractivity contribution in [1.82, 2.24) is 5.32 Å². The number of carbonyl (C=O) groups excluding carboxylic acids is 2. The van der Waals surface area contributed by atoms with Crippen LogP contribution in [0, 0.1) is 11.3 Å². The van der Waals surface area contributed by atoms with Gasteiger partial charge in [0, 0.05) is 25.1 Å². The molecule has 0 saturated carbocycles. The molecule has 0 radical (unpaired) electrons. The second kappa shape index (κ2) is 11.9. The summed E-state index contributed by atoms with van der Waals surface area (Å²) in [5, 5.41) is 11.6. The van der Waals surface area contributed by atoms with Crippen LogP contribution in [0.4, 0.5) is 18.9 Å². The number of benzene rings is 2. The standard InChI is InChI=1S/C24H26F3N3O2/c1-2-8-21(18-9-6-10-19(17-18)24(25,26)27)29-22(31)13-14-23(32)30(16-7-15-28)20-11-4-3-5-12-20/h3-6,9-12,17,21H,2,7-8,13-14,16H2,1H3,(H,29,31). The zero-order chi connectivity index (χ0) is 23.6. The average molecular weight is 445 g/mol. The minimum absolute atomic E-state index is 0.0758. The quantitative estimate of drug-likeness (QED) is 0.533. The van der Waals surface area contributed by atoms with Gasteiger partial charge in [-0.1, -0.05) is 43.7 Å². The maximum Gasteiger partial charge on any atom is 0.416 e. The Morgan fingerprint density at radius 2 is 1.81 bits per heavy atom. The Hall–Kier alpha value is -3.34. The number of nitriles is 1. The van der Waals surface area contributed by atoms with Crippen LogP contribution in [0.5, 0.6) is 0 Å². The average Bonchev–Trinajstić information content (AvgIpc) is 2.78. The third-order valence-electron chi connectivity index (χ3n) is 4.91. The molecule has 170 valence electrons. The summed E-state index contributed by atoms with van der Waals surface area (Å²) in [7, 11) is 0. The Kier molecular flexibility index (Phi) is 9.26. The van der Waals surface area contributed by atoms with Crippen LogP contribution in [-0.4, -0.2) is 18.4 Å². The number of anilines is 1. The van der Waals surface area contributed by atoms with E-state index in [2.05, 4.69) is 5.32 Å². The number of halogens is 3. The summed E-state index contributed by atoms with van der Waals surface area (Å²) >= 11 is 0. The Bertz CT molecular complexity index is 939. The van der Waals surface area contributed by atoms with E-state index in [0.717, 1.165) is 12.1 Å². The van der Waals surface area contributed by atoms with E-state index < -0.39 is 23.7 Å². The Labute approximate surface area is 185 Å². The summed E-state index contributed by atoms with van der Waals surface area (Å²) in [4.78, 5) is 26.7. The highest BCUT2D eigenvalue weighted by atomic mass is 19.4. The fourth-order valence-corrected chi connectivity index (χ4v) is 3.33. The first-order valence-corrected chi connectivity index (χ1v) is 10.4. The Balaban J connectivity index is 2.04. The second-order valence-corrected chi connectivity index (χ2v) is 7.32. The van der Waals surface area contributed by atoms with Crippen molar-refractivity contribution < 1.29 is 22.8 Å². The van der Waals surface area contributed by atoms with Gasteiger partial charge in [-0.2, -0.15) is 18.4 Å². The summed E-state index contributed by atoms with van der Waals surface area (Å²) in [6, 6.07) is 15.2. The SMILES string of the molecule is CCCC(NC(=O)CCC(=O)N(CCC#N)c1ccccc1)c1cccc(C(F)(F)F)c1. The van der Waals surface area contributed by atoms with Crippen molar-refractivity contribution in [2.24, 2.45) is 0 Å². The number of hydrogen-bond acceptors (Lipinski definition) is 3. The van der Waals surface area contributed by atoms with Crippen molar-refractivity contribution in [3.63, 3.8) is 0 Å². The van der Waals surface area contributed by atoms with Gasteiger partial charge in [0.25, 0.3) is 0 Å². The molecule has 0 fully saturated rings. The van der Waals surface area contributed by atoms with E-state index in [1.165, 1.54) is 11.0 Å². The molecule has 0 aliphatic heterocycles. The fraction of sp³-hybridized carbons (Fsp3) is 0.375. The van der Waals surface area contributed by atoms with Crippen LogP contribution >= 0.6 is 0 Å². The molecule has 8 heteroatoms. The van der Waals surface area contributed by atoms with Gasteiger partial charge in [-0.3, -0.25) is 9.59 Å². The minimum Gasteiger partial charge on any atom is -0.349 e. The van der Waals surface area contributed by atoms with Gasteiger partial charge < -0.3 is 10.2 Å². The van der Waals surface area contributed by atoms with Crippen LogP contribution in [0.2, 0.25) is 0 Å². The van der Waals surface area contributed by atoms with Crippen LogP contribution in [0.1, 0.15) is 56.2 Å². The number of carbonyl (C=O) groups is 2. The van der Waals surface area contributed by atoms with Crippen molar-refractivity contribution in [1.29, 1.82) is 5.26 Å². The molecule has 0 bridgehead atoms. The van der Waals surface area contributed by atoms with E-state index in [4.69, 9.17) is 5.26 Å². The van der Waals surface area contributed by atoms with Crippen molar-refractivity contribution in [2.75, 3.05) is 11.4 Å². The summed E-state index contributed by atoms with van der Waals surface area (Å²) < 4.78 is 39.1. The zero-order valence-electron chi connectivity index (χ0n) is 17.9. The minimum atomic E-state index is -4.46. The van der Waals surface area contributed by atoms with Crippen LogP contribution in [0.3, 0.4) is 0 Å². The summed E-state index contributed by atoms with van der Waals surface area (Å²) in [5.41, 5.74) is 0.249. The lowest BCUT2D eigenvalue weighted by Gasteiger charge is -2.23. The molecule has 0 aromatic heterocycles. The van der Waals surface area contributed by atoms with Crippen molar-refractivity contribution in [3.8, 4) is 6.07 Å². The highest BCUT2D eigenvalue weighted by Gasteiger charge is 2.31. The lowest BCUT2D eigenvalue weighted by Crippen LogP contribution is -2.34. The number of alkyl halides is 3. The molecule has 1 atom stereocenters. The van der Waals surface area contributed by atoms with E-state index >= 15 is 0 Å². The van der Waals surface area contributed by atoms with E-state index in [1.54, 1.807) is 30.3 Å². The van der Waals surface area contributed by atoms with Gasteiger partial charge in [0.05, 0.1) is 24.1 Å². The molecule has 2 amide bonds. The summed E-state index contributed by atoms with van der Waals surface area (Å²) in [6.07, 6.45) is -3.36. The first kappa shape index (κ1) is 24.9. The molecule has 1 unspecified atom stereocenters. The lowest BCUT2D eigenvalue weighted by atomic mass is 9.99. The van der Waals surface area contributed by atoms with Crippen molar-refractivity contribution in [2.45, 2.75) is 51.2 Å². The van der Waals surface area contributed by atoms with Crippen LogP contribution < -0.4 is 10.2 Å². The summed E-state index contributed by atoms with van der Waals surface area (Å²) in [5.74, 6) is -0.713. The molecular weight excluding hydrogens is 419 g/mol. The van der Waals surface area contributed by atoms with E-state index in [0.29, 0.717) is 24.1 Å². The molecule has 0 aliphatic rings. The molecule has 0 spiro atoms. The summed E-state index contributed by atoms with van der Waals surface area (Å²) in [6.45, 7) is 2.09. The number of para-hydroxylation sites is 1. The number of nitrogens with zero attached hydrogens (tertiary/aromatic N) is 2. The van der Waals surface area contributed by atoms with Gasteiger partial charge >= 0.3 is 6.18 Å². The molecule has 32 heavy (non-hydrogen) atoms. The highest BCUT2D eigenvalue weighted by Crippen LogP contribution is 2.31. The van der Waals surface area contributed by atoms with Crippen molar-refractivity contribution in [3.05, 3.63) is 65.7 Å². The molecule has 2 aromatic carbocycles. The predicted molar refractivity (Wildman–Crippen MR) is 115 cm³/mol. The molecule has 2 aromatic rings. The normalized spacial score (nSPS) is 12.0. The second-order valence-electron chi connectivity index (χ2n) is 7.32. The van der Waals surface area contributed by atoms with E-state index in [9.17, 15) is 22.8 Å². The maximum absolute atomic E-state index is 13.0. The first-order chi connectivity index (χ1) is 15.3. The molecule has 2 rings (SSSR count). The van der Waals surface area contributed by atoms with Gasteiger partial charge in [-0.05, 0) is 36.2 Å². The number of nitrogens with one attached hydrogen (secondary N) is 1. The lowest BCUT2D eigenvalue weighted by molar-refractivity contribution is -0.137. The molecule has 1 N–H and O–H groups in total.